The van der Waals surface area contributed by atoms with E-state index in [0.717, 1.165) is 11.3 Å². The normalized spacial score (nSPS) is 11.6. The number of aryl methyl sites for hydroxylation is 1. The zero-order chi connectivity index (χ0) is 24.4. The summed E-state index contributed by atoms with van der Waals surface area (Å²) in [7, 11) is -3.98. The number of anilines is 1. The molecule has 10 heteroatoms. The fourth-order valence-electron chi connectivity index (χ4n) is 2.84. The molecule has 8 nitrogen and oxygen atoms in total. The molecule has 0 saturated heterocycles. The van der Waals surface area contributed by atoms with E-state index in [2.05, 4.69) is 4.72 Å². The smallest absolute Gasteiger partial charge is 0.478 e. The van der Waals surface area contributed by atoms with Gasteiger partial charge in [0.05, 0.1) is 10.5 Å². The minimum atomic E-state index is -3.98. The van der Waals surface area contributed by atoms with Crippen LogP contribution in [0.5, 0.6) is 5.06 Å². The Labute approximate surface area is 195 Å². The zero-order valence-corrected chi connectivity index (χ0v) is 20.0. The molecule has 1 aromatic heterocycles. The standard InChI is InChI=1S/C23H23NO7S2/c1-14-7-5-6-8-19(14)33(28,29)24-17-13-18(15-9-11-16(12-10-15)20(25)26)32-21(17)30-22(27)31-23(2,3)4/h5-13,24H,1-4H3,(H,25,26). The number of thiophene rings is 1. The van der Waals surface area contributed by atoms with Crippen molar-refractivity contribution >= 4 is 39.2 Å². The van der Waals surface area contributed by atoms with Gasteiger partial charge in [-0.3, -0.25) is 4.72 Å². The van der Waals surface area contributed by atoms with Gasteiger partial charge in [-0.1, -0.05) is 41.7 Å². The Morgan fingerprint density at radius 1 is 1.03 bits per heavy atom. The second kappa shape index (κ2) is 9.24. The molecule has 3 rings (SSSR count). The van der Waals surface area contributed by atoms with Gasteiger partial charge in [0.25, 0.3) is 10.0 Å². The molecule has 0 aliphatic rings. The number of carboxylic acids is 1. The van der Waals surface area contributed by atoms with Crippen LogP contribution in [0.1, 0.15) is 36.7 Å². The largest absolute Gasteiger partial charge is 0.515 e. The Hall–Kier alpha value is -3.37. The van der Waals surface area contributed by atoms with Crippen molar-refractivity contribution in [3.8, 4) is 15.5 Å². The van der Waals surface area contributed by atoms with E-state index in [4.69, 9.17) is 14.6 Å². The van der Waals surface area contributed by atoms with Gasteiger partial charge >= 0.3 is 12.1 Å². The number of carbonyl (C=O) groups excluding carboxylic acids is 1. The lowest BCUT2D eigenvalue weighted by atomic mass is 10.1. The molecule has 0 spiro atoms. The van der Waals surface area contributed by atoms with Crippen LogP contribution in [0, 0.1) is 6.92 Å². The van der Waals surface area contributed by atoms with E-state index >= 15 is 0 Å². The molecule has 1 heterocycles. The Morgan fingerprint density at radius 2 is 1.67 bits per heavy atom. The fourth-order valence-corrected chi connectivity index (χ4v) is 5.17. The third-order valence-electron chi connectivity index (χ3n) is 4.31. The van der Waals surface area contributed by atoms with Crippen LogP contribution >= 0.6 is 11.3 Å². The molecule has 2 N–H and O–H groups in total. The lowest BCUT2D eigenvalue weighted by Gasteiger charge is -2.18. The number of aromatic carboxylic acids is 1. The predicted molar refractivity (Wildman–Crippen MR) is 126 cm³/mol. The van der Waals surface area contributed by atoms with Crippen LogP contribution in [0.4, 0.5) is 10.5 Å². The van der Waals surface area contributed by atoms with Crippen LogP contribution in [0.3, 0.4) is 0 Å². The molecule has 0 aliphatic carbocycles. The monoisotopic (exact) mass is 489 g/mol. The van der Waals surface area contributed by atoms with Gasteiger partial charge in [-0.2, -0.15) is 0 Å². The number of hydrogen-bond acceptors (Lipinski definition) is 7. The maximum atomic E-state index is 13.0. The third kappa shape index (κ3) is 6.11. The first-order valence-corrected chi connectivity index (χ1v) is 12.1. The highest BCUT2D eigenvalue weighted by atomic mass is 32.2. The van der Waals surface area contributed by atoms with E-state index in [1.807, 2.05) is 0 Å². The number of ether oxygens (including phenoxy) is 2. The number of benzene rings is 2. The molecule has 0 radical (unpaired) electrons. The summed E-state index contributed by atoms with van der Waals surface area (Å²) in [5.74, 6) is -1.06. The Balaban J connectivity index is 2.00. The molecule has 0 bridgehead atoms. The van der Waals surface area contributed by atoms with Crippen LogP contribution < -0.4 is 9.46 Å². The minimum Gasteiger partial charge on any atom is -0.478 e. The van der Waals surface area contributed by atoms with Gasteiger partial charge in [0, 0.05) is 4.88 Å². The second-order valence-corrected chi connectivity index (χ2v) is 10.8. The Bertz CT molecular complexity index is 1290. The van der Waals surface area contributed by atoms with Crippen molar-refractivity contribution in [3.63, 3.8) is 0 Å². The summed E-state index contributed by atoms with van der Waals surface area (Å²) < 4.78 is 39.0. The van der Waals surface area contributed by atoms with Crippen LogP contribution in [0.25, 0.3) is 10.4 Å². The first-order valence-electron chi connectivity index (χ1n) is 9.82. The van der Waals surface area contributed by atoms with Crippen LogP contribution in [-0.4, -0.2) is 31.3 Å². The second-order valence-electron chi connectivity index (χ2n) is 8.13. The molecular weight excluding hydrogens is 466 g/mol. The average molecular weight is 490 g/mol. The topological polar surface area (TPSA) is 119 Å². The van der Waals surface area contributed by atoms with Gasteiger partial charge in [0.1, 0.15) is 11.3 Å². The maximum Gasteiger partial charge on any atom is 0.515 e. The highest BCUT2D eigenvalue weighted by Gasteiger charge is 2.25. The highest BCUT2D eigenvalue weighted by molar-refractivity contribution is 7.92. The molecule has 0 saturated carbocycles. The summed E-state index contributed by atoms with van der Waals surface area (Å²) in [6, 6.07) is 14.1. The van der Waals surface area contributed by atoms with Gasteiger partial charge < -0.3 is 14.6 Å². The van der Waals surface area contributed by atoms with Gasteiger partial charge in [0.15, 0.2) is 0 Å². The fraction of sp³-hybridized carbons (Fsp3) is 0.217. The molecule has 3 aromatic rings. The predicted octanol–water partition coefficient (Wildman–Crippen LogP) is 5.54. The summed E-state index contributed by atoms with van der Waals surface area (Å²) in [5.41, 5.74) is 0.553. The minimum absolute atomic E-state index is 0.00118. The summed E-state index contributed by atoms with van der Waals surface area (Å²) in [6.07, 6.45) is -0.978. The van der Waals surface area contributed by atoms with E-state index in [9.17, 15) is 18.0 Å². The van der Waals surface area contributed by atoms with Crippen LogP contribution in [0.2, 0.25) is 0 Å². The number of rotatable bonds is 6. The van der Waals surface area contributed by atoms with Crippen molar-refractivity contribution in [3.05, 3.63) is 65.7 Å². The van der Waals surface area contributed by atoms with Crippen molar-refractivity contribution in [2.45, 2.75) is 38.2 Å². The van der Waals surface area contributed by atoms with Gasteiger partial charge in [-0.25, -0.2) is 18.0 Å². The SMILES string of the molecule is Cc1ccccc1S(=O)(=O)Nc1cc(-c2ccc(C(=O)O)cc2)sc1OC(=O)OC(C)(C)C. The highest BCUT2D eigenvalue weighted by Crippen LogP contribution is 2.42. The third-order valence-corrected chi connectivity index (χ3v) is 6.90. The first kappa shape index (κ1) is 24.3. The summed E-state index contributed by atoms with van der Waals surface area (Å²) >= 11 is 1.02. The van der Waals surface area contributed by atoms with Crippen molar-refractivity contribution in [2.75, 3.05) is 4.72 Å². The molecule has 33 heavy (non-hydrogen) atoms. The maximum absolute atomic E-state index is 13.0. The number of carbonyl (C=O) groups is 2. The zero-order valence-electron chi connectivity index (χ0n) is 18.4. The van der Waals surface area contributed by atoms with E-state index in [1.54, 1.807) is 58.0 Å². The van der Waals surface area contributed by atoms with Crippen molar-refractivity contribution in [1.82, 2.24) is 0 Å². The van der Waals surface area contributed by atoms with E-state index in [0.29, 0.717) is 16.0 Å². The molecular formula is C23H23NO7S2. The van der Waals surface area contributed by atoms with Gasteiger partial charge in [-0.15, -0.1) is 0 Å². The molecule has 0 atom stereocenters. The number of sulfonamides is 1. The summed E-state index contributed by atoms with van der Waals surface area (Å²) in [4.78, 5) is 24.0. The Kier molecular flexibility index (Phi) is 6.80. The lowest BCUT2D eigenvalue weighted by molar-refractivity contribution is 0.0214. The molecule has 0 amide bonds. The van der Waals surface area contributed by atoms with Gasteiger partial charge in [0.2, 0.25) is 5.06 Å². The molecule has 174 valence electrons. The van der Waals surface area contributed by atoms with Crippen molar-refractivity contribution in [2.24, 2.45) is 0 Å². The molecule has 0 aliphatic heterocycles. The summed E-state index contributed by atoms with van der Waals surface area (Å²) in [6.45, 7) is 6.72. The molecule has 0 unspecified atom stereocenters. The lowest BCUT2D eigenvalue weighted by Crippen LogP contribution is -2.26. The number of hydrogen-bond donors (Lipinski definition) is 2. The summed E-state index contributed by atoms with van der Waals surface area (Å²) in [5, 5.41) is 9.10. The van der Waals surface area contributed by atoms with Crippen LogP contribution in [-0.2, 0) is 14.8 Å². The Morgan fingerprint density at radius 3 is 2.24 bits per heavy atom. The van der Waals surface area contributed by atoms with Crippen molar-refractivity contribution < 1.29 is 32.6 Å². The van der Waals surface area contributed by atoms with E-state index in [1.165, 1.54) is 24.3 Å². The molecule has 0 fully saturated rings. The van der Waals surface area contributed by atoms with Crippen LogP contribution in [0.15, 0.2) is 59.5 Å². The average Bonchev–Trinajstić information content (AvgIpc) is 3.08. The van der Waals surface area contributed by atoms with Gasteiger partial charge in [-0.05, 0) is 63.1 Å². The quantitative estimate of drug-likeness (QED) is 0.437. The van der Waals surface area contributed by atoms with E-state index < -0.39 is 27.7 Å². The van der Waals surface area contributed by atoms with Crippen molar-refractivity contribution in [1.29, 1.82) is 0 Å². The number of carboxylic acid groups (broad SMARTS) is 1. The number of nitrogens with one attached hydrogen (secondary N) is 1. The van der Waals surface area contributed by atoms with E-state index in [-0.39, 0.29) is 21.2 Å². The first-order chi connectivity index (χ1) is 15.4. The molecule has 2 aromatic carbocycles.